The molecule has 0 bridgehead atoms. The molecule has 2 N–H and O–H groups in total. The highest BCUT2D eigenvalue weighted by molar-refractivity contribution is 4.34. The van der Waals surface area contributed by atoms with Gasteiger partial charge in [-0.05, 0) is 0 Å². The van der Waals surface area contributed by atoms with E-state index in [0.717, 1.165) is 0 Å². The van der Waals surface area contributed by atoms with Crippen LogP contribution in [0.3, 0.4) is 0 Å². The van der Waals surface area contributed by atoms with Gasteiger partial charge in [-0.1, -0.05) is 0 Å². The summed E-state index contributed by atoms with van der Waals surface area (Å²) in [4.78, 5) is 4.33. The molecule has 6 heteroatoms. The zero-order chi connectivity index (χ0) is 11.2. The van der Waals surface area contributed by atoms with Crippen LogP contribution < -0.4 is 5.90 Å². The third-order valence-corrected chi connectivity index (χ3v) is 1.52. The molecule has 0 atom stereocenters. The first kappa shape index (κ1) is 14.8. The molecule has 15 heavy (non-hydrogen) atoms. The minimum Gasteiger partial charge on any atom is -0.382 e. The van der Waals surface area contributed by atoms with Crippen molar-refractivity contribution in [3.05, 3.63) is 0 Å². The van der Waals surface area contributed by atoms with Crippen LogP contribution in [0.4, 0.5) is 0 Å². The van der Waals surface area contributed by atoms with Crippen LogP contribution in [0.25, 0.3) is 0 Å². The Morgan fingerprint density at radius 3 is 1.47 bits per heavy atom. The predicted molar refractivity (Wildman–Crippen MR) is 54.5 cm³/mol. The Labute approximate surface area is 90.5 Å². The van der Waals surface area contributed by atoms with E-state index in [1.54, 1.807) is 7.11 Å². The molecule has 0 aliphatic carbocycles. The SMILES string of the molecule is COCCOCCOCCOCCON. The van der Waals surface area contributed by atoms with Crippen molar-refractivity contribution in [3.63, 3.8) is 0 Å². The molecule has 0 aliphatic rings. The van der Waals surface area contributed by atoms with Gasteiger partial charge in [-0.25, -0.2) is 5.90 Å². The molecule has 0 radical (unpaired) electrons. The maximum atomic E-state index is 5.23. The summed E-state index contributed by atoms with van der Waals surface area (Å²) in [5, 5.41) is 0. The number of hydrogen-bond donors (Lipinski definition) is 1. The molecule has 0 amide bonds. The Morgan fingerprint density at radius 2 is 1.07 bits per heavy atom. The van der Waals surface area contributed by atoms with E-state index in [4.69, 9.17) is 24.8 Å². The molecule has 0 fully saturated rings. The smallest absolute Gasteiger partial charge is 0.0913 e. The van der Waals surface area contributed by atoms with E-state index >= 15 is 0 Å². The predicted octanol–water partition coefficient (Wildman–Crippen LogP) is -0.427. The second-order valence-electron chi connectivity index (χ2n) is 2.70. The topological polar surface area (TPSA) is 72.2 Å². The molecule has 0 heterocycles. The van der Waals surface area contributed by atoms with Crippen molar-refractivity contribution in [2.45, 2.75) is 0 Å². The van der Waals surface area contributed by atoms with Crippen molar-refractivity contribution >= 4 is 0 Å². The lowest BCUT2D eigenvalue weighted by atomic mass is 10.7. The Hall–Kier alpha value is -0.240. The van der Waals surface area contributed by atoms with Crippen LogP contribution in [-0.4, -0.2) is 60.0 Å². The highest BCUT2D eigenvalue weighted by Crippen LogP contribution is 1.81. The molecule has 0 aromatic heterocycles. The summed E-state index contributed by atoms with van der Waals surface area (Å²) >= 11 is 0. The fourth-order valence-electron chi connectivity index (χ4n) is 0.791. The van der Waals surface area contributed by atoms with Gasteiger partial charge in [0.2, 0.25) is 0 Å². The normalized spacial score (nSPS) is 10.8. The van der Waals surface area contributed by atoms with Gasteiger partial charge < -0.3 is 23.8 Å². The maximum absolute atomic E-state index is 5.23. The maximum Gasteiger partial charge on any atom is 0.0913 e. The fourth-order valence-corrected chi connectivity index (χ4v) is 0.791. The first-order chi connectivity index (χ1) is 7.41. The summed E-state index contributed by atoms with van der Waals surface area (Å²) in [6.07, 6.45) is 0. The molecular weight excluding hydrogens is 202 g/mol. The van der Waals surface area contributed by atoms with Crippen molar-refractivity contribution in [3.8, 4) is 0 Å². The summed E-state index contributed by atoms with van der Waals surface area (Å²) in [5.41, 5.74) is 0. The third kappa shape index (κ3) is 13.8. The van der Waals surface area contributed by atoms with Crippen LogP contribution in [0, 0.1) is 0 Å². The number of hydrogen-bond acceptors (Lipinski definition) is 6. The van der Waals surface area contributed by atoms with E-state index in [1.807, 2.05) is 0 Å². The van der Waals surface area contributed by atoms with Crippen LogP contribution in [0.1, 0.15) is 0 Å². The molecular formula is C9H21NO5. The summed E-state index contributed by atoms with van der Waals surface area (Å²) < 4.78 is 20.4. The molecule has 0 aromatic carbocycles. The Bertz CT molecular complexity index is 103. The van der Waals surface area contributed by atoms with Crippen LogP contribution in [0.5, 0.6) is 0 Å². The van der Waals surface area contributed by atoms with Gasteiger partial charge in [0.05, 0.1) is 52.9 Å². The highest BCUT2D eigenvalue weighted by atomic mass is 16.6. The van der Waals surface area contributed by atoms with E-state index in [0.29, 0.717) is 52.9 Å². The van der Waals surface area contributed by atoms with Gasteiger partial charge in [0.1, 0.15) is 0 Å². The van der Waals surface area contributed by atoms with Gasteiger partial charge in [-0.2, -0.15) is 0 Å². The number of ether oxygens (including phenoxy) is 4. The second-order valence-corrected chi connectivity index (χ2v) is 2.70. The quantitative estimate of drug-likeness (QED) is 0.357. The van der Waals surface area contributed by atoms with Gasteiger partial charge in [0.15, 0.2) is 0 Å². The first-order valence-corrected chi connectivity index (χ1v) is 4.95. The van der Waals surface area contributed by atoms with Gasteiger partial charge in [0, 0.05) is 7.11 Å². The van der Waals surface area contributed by atoms with E-state index in [1.165, 1.54) is 0 Å². The minimum absolute atomic E-state index is 0.403. The van der Waals surface area contributed by atoms with Gasteiger partial charge >= 0.3 is 0 Å². The first-order valence-electron chi connectivity index (χ1n) is 4.95. The van der Waals surface area contributed by atoms with Gasteiger partial charge in [0.25, 0.3) is 0 Å². The summed E-state index contributed by atoms with van der Waals surface area (Å²) in [7, 11) is 1.64. The standard InChI is InChI=1S/C9H21NO5/c1-11-2-3-12-4-5-13-6-7-14-8-9-15-10/h2-10H2,1H3. The lowest BCUT2D eigenvalue weighted by Crippen LogP contribution is -2.13. The van der Waals surface area contributed by atoms with Gasteiger partial charge in [-0.15, -0.1) is 0 Å². The Kier molecular flexibility index (Phi) is 13.5. The van der Waals surface area contributed by atoms with Crippen LogP contribution in [0.15, 0.2) is 0 Å². The zero-order valence-corrected chi connectivity index (χ0v) is 9.28. The van der Waals surface area contributed by atoms with E-state index in [-0.39, 0.29) is 0 Å². The fraction of sp³-hybridized carbons (Fsp3) is 1.00. The average molecular weight is 223 g/mol. The summed E-state index contributed by atoms with van der Waals surface area (Å²) in [5.74, 6) is 4.81. The Morgan fingerprint density at radius 1 is 0.667 bits per heavy atom. The zero-order valence-electron chi connectivity index (χ0n) is 9.28. The number of rotatable bonds is 12. The molecule has 0 aliphatic heterocycles. The van der Waals surface area contributed by atoms with Gasteiger partial charge in [-0.3, -0.25) is 0 Å². The molecule has 0 aromatic rings. The molecule has 0 unspecified atom stereocenters. The van der Waals surface area contributed by atoms with E-state index in [2.05, 4.69) is 4.84 Å². The number of methoxy groups -OCH3 is 1. The average Bonchev–Trinajstić information content (AvgIpc) is 2.26. The van der Waals surface area contributed by atoms with Crippen molar-refractivity contribution in [2.75, 3.05) is 60.0 Å². The minimum atomic E-state index is 0.403. The molecule has 0 spiro atoms. The molecule has 0 saturated heterocycles. The summed E-state index contributed by atoms with van der Waals surface area (Å²) in [6.45, 7) is 4.35. The van der Waals surface area contributed by atoms with E-state index in [9.17, 15) is 0 Å². The lowest BCUT2D eigenvalue weighted by molar-refractivity contribution is -0.00794. The largest absolute Gasteiger partial charge is 0.382 e. The Balaban J connectivity index is 2.81. The van der Waals surface area contributed by atoms with Crippen molar-refractivity contribution in [2.24, 2.45) is 5.90 Å². The molecule has 92 valence electrons. The van der Waals surface area contributed by atoms with Crippen LogP contribution >= 0.6 is 0 Å². The van der Waals surface area contributed by atoms with Crippen molar-refractivity contribution in [1.29, 1.82) is 0 Å². The second kappa shape index (κ2) is 13.8. The molecule has 0 rings (SSSR count). The van der Waals surface area contributed by atoms with Crippen molar-refractivity contribution in [1.82, 2.24) is 0 Å². The molecule has 0 saturated carbocycles. The highest BCUT2D eigenvalue weighted by Gasteiger charge is 1.91. The summed E-state index contributed by atoms with van der Waals surface area (Å²) in [6, 6.07) is 0. The third-order valence-electron chi connectivity index (χ3n) is 1.52. The lowest BCUT2D eigenvalue weighted by Gasteiger charge is -2.06. The van der Waals surface area contributed by atoms with Crippen LogP contribution in [-0.2, 0) is 23.8 Å². The monoisotopic (exact) mass is 223 g/mol. The van der Waals surface area contributed by atoms with E-state index < -0.39 is 0 Å². The number of nitrogens with two attached hydrogens (primary N) is 1. The van der Waals surface area contributed by atoms with Crippen molar-refractivity contribution < 1.29 is 23.8 Å². The molecule has 6 nitrogen and oxygen atoms in total. The van der Waals surface area contributed by atoms with Crippen LogP contribution in [0.2, 0.25) is 0 Å².